The molecule has 1 aromatic heterocycles. The quantitative estimate of drug-likeness (QED) is 0.196. The lowest BCUT2D eigenvalue weighted by molar-refractivity contribution is -0.274. The standard InChI is InChI=1S/C29H24F7N5O4S/c1-3-46(43,44)26-12-19(10-22(30)21(26)15-42)18-6-9-23(40-14-27(28(31,32)33)38-16(40)2)24(11-18)41-25(13-37-39-41)17-4-7-20(8-5-17)45-29(34,35)36/h4-14,37,39,42H,3,15H2,1-2H3. The number of anilines is 1. The van der Waals surface area contributed by atoms with Crippen LogP contribution in [0.4, 0.5) is 36.4 Å². The van der Waals surface area contributed by atoms with Crippen LogP contribution in [0.15, 0.2) is 71.9 Å². The van der Waals surface area contributed by atoms with Gasteiger partial charge in [-0.25, -0.2) is 17.8 Å². The molecule has 17 heteroatoms. The zero-order valence-electron chi connectivity index (χ0n) is 23.8. The van der Waals surface area contributed by atoms with E-state index in [9.17, 15) is 39.9 Å². The first-order valence-corrected chi connectivity index (χ1v) is 15.0. The Hall–Kier alpha value is -4.61. The molecule has 0 saturated heterocycles. The van der Waals surface area contributed by atoms with Gasteiger partial charge in [-0.05, 0) is 66.6 Å². The molecule has 0 bridgehead atoms. The summed E-state index contributed by atoms with van der Waals surface area (Å²) in [6, 6.07) is 11.3. The van der Waals surface area contributed by atoms with Gasteiger partial charge >= 0.3 is 12.5 Å². The highest BCUT2D eigenvalue weighted by Gasteiger charge is 2.35. The summed E-state index contributed by atoms with van der Waals surface area (Å²) in [4.78, 5) is 3.21. The van der Waals surface area contributed by atoms with Crippen LogP contribution in [0, 0.1) is 12.7 Å². The lowest BCUT2D eigenvalue weighted by atomic mass is 10.0. The summed E-state index contributed by atoms with van der Waals surface area (Å²) in [7, 11) is -3.99. The molecule has 244 valence electrons. The first-order valence-electron chi connectivity index (χ1n) is 13.3. The molecule has 0 unspecified atom stereocenters. The summed E-state index contributed by atoms with van der Waals surface area (Å²) in [5.41, 5.74) is 5.28. The lowest BCUT2D eigenvalue weighted by Gasteiger charge is -2.26. The van der Waals surface area contributed by atoms with Gasteiger partial charge in [0.1, 0.15) is 17.4 Å². The maximum Gasteiger partial charge on any atom is 0.573 e. The molecule has 0 saturated carbocycles. The predicted molar refractivity (Wildman–Crippen MR) is 152 cm³/mol. The highest BCUT2D eigenvalue weighted by atomic mass is 32.2. The number of rotatable bonds is 8. The largest absolute Gasteiger partial charge is 0.573 e. The van der Waals surface area contributed by atoms with E-state index in [0.29, 0.717) is 11.3 Å². The topological polar surface area (TPSA) is 109 Å². The second-order valence-electron chi connectivity index (χ2n) is 9.93. The second-order valence-corrected chi connectivity index (χ2v) is 12.2. The molecule has 0 amide bonds. The molecule has 46 heavy (non-hydrogen) atoms. The van der Waals surface area contributed by atoms with Gasteiger partial charge in [0.2, 0.25) is 0 Å². The van der Waals surface area contributed by atoms with E-state index >= 15 is 4.39 Å². The molecule has 0 spiro atoms. The molecule has 2 heterocycles. The van der Waals surface area contributed by atoms with E-state index in [1.165, 1.54) is 66.0 Å². The van der Waals surface area contributed by atoms with E-state index in [2.05, 4.69) is 20.7 Å². The van der Waals surface area contributed by atoms with Crippen molar-refractivity contribution in [3.63, 3.8) is 0 Å². The number of hydrogen-bond acceptors (Lipinski definition) is 8. The molecule has 9 nitrogen and oxygen atoms in total. The van der Waals surface area contributed by atoms with E-state index < -0.39 is 56.7 Å². The fourth-order valence-corrected chi connectivity index (χ4v) is 5.98. The van der Waals surface area contributed by atoms with Crippen LogP contribution in [-0.2, 0) is 22.6 Å². The molecule has 3 N–H and O–H groups in total. The number of sulfone groups is 1. The predicted octanol–water partition coefficient (Wildman–Crippen LogP) is 6.02. The monoisotopic (exact) mass is 671 g/mol. The van der Waals surface area contributed by atoms with Crippen LogP contribution in [0.2, 0.25) is 0 Å². The minimum atomic E-state index is -4.91. The van der Waals surface area contributed by atoms with Gasteiger partial charge in [-0.1, -0.05) is 13.0 Å². The molecule has 1 aliphatic rings. The number of aliphatic hydroxyl groups excluding tert-OH is 1. The van der Waals surface area contributed by atoms with Crippen LogP contribution in [0.5, 0.6) is 5.75 Å². The van der Waals surface area contributed by atoms with Crippen LogP contribution in [-0.4, -0.2) is 35.2 Å². The van der Waals surface area contributed by atoms with Crippen molar-refractivity contribution >= 4 is 21.2 Å². The van der Waals surface area contributed by atoms with Crippen molar-refractivity contribution < 1.29 is 49.0 Å². The summed E-state index contributed by atoms with van der Waals surface area (Å²) in [5.74, 6) is -1.88. The molecule has 0 aliphatic carbocycles. The van der Waals surface area contributed by atoms with Gasteiger partial charge in [-0.3, -0.25) is 5.01 Å². The summed E-state index contributed by atoms with van der Waals surface area (Å²) < 4.78 is 125. The van der Waals surface area contributed by atoms with E-state index in [1.807, 2.05) is 0 Å². The molecule has 1 aliphatic heterocycles. The van der Waals surface area contributed by atoms with Crippen LogP contribution in [0.25, 0.3) is 22.5 Å². The number of alkyl halides is 6. The number of nitrogens with zero attached hydrogens (tertiary/aromatic N) is 3. The van der Waals surface area contributed by atoms with E-state index in [1.54, 1.807) is 0 Å². The minimum Gasteiger partial charge on any atom is -0.406 e. The van der Waals surface area contributed by atoms with Gasteiger partial charge in [0, 0.05) is 23.5 Å². The zero-order valence-corrected chi connectivity index (χ0v) is 24.6. The minimum absolute atomic E-state index is 0.0395. The summed E-state index contributed by atoms with van der Waals surface area (Å²) >= 11 is 0. The maximum atomic E-state index is 15.1. The number of benzene rings is 3. The fraction of sp³-hybridized carbons (Fsp3) is 0.207. The Balaban J connectivity index is 1.68. The zero-order chi connectivity index (χ0) is 33.6. The maximum absolute atomic E-state index is 15.1. The van der Waals surface area contributed by atoms with Crippen molar-refractivity contribution in [1.29, 1.82) is 0 Å². The smallest absolute Gasteiger partial charge is 0.406 e. The van der Waals surface area contributed by atoms with Crippen molar-refractivity contribution in [3.8, 4) is 22.6 Å². The highest BCUT2D eigenvalue weighted by Crippen LogP contribution is 2.39. The Labute approximate surface area is 257 Å². The molecule has 0 radical (unpaired) electrons. The van der Waals surface area contributed by atoms with Gasteiger partial charge in [0.25, 0.3) is 0 Å². The molecule has 3 aromatic carbocycles. The Kier molecular flexibility index (Phi) is 8.52. The summed E-state index contributed by atoms with van der Waals surface area (Å²) in [6.45, 7) is 1.83. The van der Waals surface area contributed by atoms with Crippen LogP contribution in [0.1, 0.15) is 29.6 Å². The number of ether oxygens (including phenoxy) is 1. The number of aryl methyl sites for hydroxylation is 1. The molecule has 0 atom stereocenters. The normalized spacial score (nSPS) is 14.0. The van der Waals surface area contributed by atoms with Gasteiger partial charge in [0.15, 0.2) is 15.5 Å². The van der Waals surface area contributed by atoms with Gasteiger partial charge in [-0.15, -0.1) is 18.7 Å². The van der Waals surface area contributed by atoms with Crippen LogP contribution in [0.3, 0.4) is 0 Å². The molecule has 4 aromatic rings. The van der Waals surface area contributed by atoms with Crippen molar-refractivity contribution in [2.24, 2.45) is 0 Å². The third-order valence-electron chi connectivity index (χ3n) is 7.02. The summed E-state index contributed by atoms with van der Waals surface area (Å²) in [5, 5.41) is 11.1. The third kappa shape index (κ3) is 6.52. The number of aromatic nitrogens is 2. The first-order chi connectivity index (χ1) is 21.5. The molecule has 5 rings (SSSR count). The number of hydrazine groups is 2. The van der Waals surface area contributed by atoms with E-state index in [-0.39, 0.29) is 34.1 Å². The summed E-state index contributed by atoms with van der Waals surface area (Å²) in [6.07, 6.45) is -7.45. The first kappa shape index (κ1) is 32.8. The Bertz CT molecular complexity index is 1920. The number of hydrogen-bond donors (Lipinski definition) is 3. The average Bonchev–Trinajstić information content (AvgIpc) is 3.63. The van der Waals surface area contributed by atoms with E-state index in [4.69, 9.17) is 0 Å². The average molecular weight is 672 g/mol. The molecular weight excluding hydrogens is 647 g/mol. The van der Waals surface area contributed by atoms with Gasteiger partial charge in [0.05, 0.1) is 34.3 Å². The van der Waals surface area contributed by atoms with Crippen LogP contribution < -0.4 is 20.7 Å². The van der Waals surface area contributed by atoms with Gasteiger partial charge in [-0.2, -0.15) is 13.2 Å². The molecule has 0 fully saturated rings. The Morgan fingerprint density at radius 2 is 1.61 bits per heavy atom. The highest BCUT2D eigenvalue weighted by molar-refractivity contribution is 7.91. The second kappa shape index (κ2) is 12.0. The number of nitrogens with one attached hydrogen (secondary N) is 2. The molecular formula is C29H24F7N5O4S. The van der Waals surface area contributed by atoms with Crippen molar-refractivity contribution in [3.05, 3.63) is 95.5 Å². The van der Waals surface area contributed by atoms with Crippen LogP contribution >= 0.6 is 0 Å². The van der Waals surface area contributed by atoms with Crippen molar-refractivity contribution in [2.45, 2.75) is 37.9 Å². The number of halogens is 7. The fourth-order valence-electron chi connectivity index (χ4n) is 4.82. The number of imidazole rings is 1. The lowest BCUT2D eigenvalue weighted by Crippen LogP contribution is -2.37. The van der Waals surface area contributed by atoms with Crippen molar-refractivity contribution in [1.82, 2.24) is 20.5 Å². The SMILES string of the molecule is CCS(=O)(=O)c1cc(-c2ccc(-n3cc(C(F)(F)F)nc3C)c(N3NNC=C3c3ccc(OC(F)(F)F)cc3)c2)cc(F)c1CO. The van der Waals surface area contributed by atoms with Gasteiger partial charge < -0.3 is 19.8 Å². The Morgan fingerprint density at radius 1 is 0.935 bits per heavy atom. The Morgan fingerprint density at radius 3 is 2.20 bits per heavy atom. The van der Waals surface area contributed by atoms with Crippen molar-refractivity contribution in [2.75, 3.05) is 10.8 Å². The third-order valence-corrected chi connectivity index (χ3v) is 8.81. The number of aliphatic hydroxyl groups is 1. The van der Waals surface area contributed by atoms with E-state index in [0.717, 1.165) is 24.4 Å².